The van der Waals surface area contributed by atoms with Crippen LogP contribution in [-0.2, 0) is 0 Å². The summed E-state index contributed by atoms with van der Waals surface area (Å²) in [5, 5.41) is 25.5. The number of nitrogens with one attached hydrogen (secondary N) is 2. The van der Waals surface area contributed by atoms with Crippen LogP contribution in [0, 0.1) is 22.7 Å². The van der Waals surface area contributed by atoms with E-state index in [1.54, 1.807) is 0 Å². The molecule has 0 aromatic heterocycles. The van der Waals surface area contributed by atoms with Gasteiger partial charge in [0, 0.05) is 37.8 Å². The number of rotatable bonds is 7. The number of nitrogens with zero attached hydrogens (tertiary/aromatic N) is 4. The predicted molar refractivity (Wildman–Crippen MR) is 130 cm³/mol. The van der Waals surface area contributed by atoms with Crippen LogP contribution in [0.15, 0.2) is 0 Å². The second kappa shape index (κ2) is 12.8. The van der Waals surface area contributed by atoms with E-state index in [0.29, 0.717) is 6.04 Å². The Balaban J connectivity index is 0.000000327. The molecule has 0 atom stereocenters. The number of nitriles is 2. The van der Waals surface area contributed by atoms with Crippen LogP contribution < -0.4 is 10.6 Å². The molecule has 0 aliphatic carbocycles. The zero-order valence-electron chi connectivity index (χ0n) is 21.4. The minimum absolute atomic E-state index is 0.0140. The SMILES string of the molecule is CC(C)NC1(C#N)CCN(C)CC1.CCCCCN1CCC(C#N)(NC(C)(C)C)CC1. The molecule has 0 unspecified atom stereocenters. The van der Waals surface area contributed by atoms with Crippen molar-refractivity contribution >= 4 is 0 Å². The first-order valence-corrected chi connectivity index (χ1v) is 12.3. The van der Waals surface area contributed by atoms with Crippen molar-refractivity contribution in [3.05, 3.63) is 0 Å². The standard InChI is InChI=1S/C15H29N3.C10H19N3/c1-5-6-7-10-18-11-8-15(13-16,9-12-18)17-14(2,3)4;1-9(2)12-10(8-11)4-6-13(3)7-5-10/h17H,5-12H2,1-4H3;9,12H,4-7H2,1-3H3. The van der Waals surface area contributed by atoms with Gasteiger partial charge in [-0.1, -0.05) is 19.8 Å². The fraction of sp³-hybridized carbons (Fsp3) is 0.920. The van der Waals surface area contributed by atoms with E-state index in [-0.39, 0.29) is 16.6 Å². The van der Waals surface area contributed by atoms with E-state index in [9.17, 15) is 5.26 Å². The van der Waals surface area contributed by atoms with Gasteiger partial charge in [-0.15, -0.1) is 0 Å². The number of likely N-dealkylation sites (tertiary alicyclic amines) is 2. The smallest absolute Gasteiger partial charge is 0.109 e. The maximum Gasteiger partial charge on any atom is 0.109 e. The Morgan fingerprint density at radius 3 is 1.84 bits per heavy atom. The van der Waals surface area contributed by atoms with E-state index < -0.39 is 0 Å². The summed E-state index contributed by atoms with van der Waals surface area (Å²) < 4.78 is 0. The second-order valence-corrected chi connectivity index (χ2v) is 10.9. The molecule has 0 radical (unpaired) electrons. The summed E-state index contributed by atoms with van der Waals surface area (Å²) in [6, 6.07) is 5.35. The number of unbranched alkanes of at least 4 members (excludes halogenated alkanes) is 2. The van der Waals surface area contributed by atoms with Crippen molar-refractivity contribution in [1.29, 1.82) is 10.5 Å². The molecule has 0 saturated carbocycles. The van der Waals surface area contributed by atoms with Gasteiger partial charge in [0.1, 0.15) is 11.1 Å². The summed E-state index contributed by atoms with van der Waals surface area (Å²) in [4.78, 5) is 4.78. The summed E-state index contributed by atoms with van der Waals surface area (Å²) in [5.41, 5.74) is -0.555. The van der Waals surface area contributed by atoms with Gasteiger partial charge in [-0.2, -0.15) is 10.5 Å². The maximum absolute atomic E-state index is 9.47. The Morgan fingerprint density at radius 2 is 1.42 bits per heavy atom. The molecule has 2 aliphatic rings. The van der Waals surface area contributed by atoms with Crippen molar-refractivity contribution in [3.8, 4) is 12.1 Å². The third-order valence-electron chi connectivity index (χ3n) is 6.24. The maximum atomic E-state index is 9.47. The van der Waals surface area contributed by atoms with Crippen molar-refractivity contribution in [2.75, 3.05) is 39.8 Å². The molecule has 6 nitrogen and oxygen atoms in total. The van der Waals surface area contributed by atoms with Crippen LogP contribution in [0.4, 0.5) is 0 Å². The molecule has 31 heavy (non-hydrogen) atoms. The van der Waals surface area contributed by atoms with Gasteiger partial charge in [0.2, 0.25) is 0 Å². The highest BCUT2D eigenvalue weighted by molar-refractivity contribution is 5.12. The normalized spacial score (nSPS) is 21.6. The lowest BCUT2D eigenvalue weighted by molar-refractivity contribution is 0.144. The molecular formula is C25H48N6. The van der Waals surface area contributed by atoms with Crippen LogP contribution in [-0.4, -0.2) is 72.2 Å². The molecule has 2 aliphatic heterocycles. The molecule has 0 amide bonds. The molecule has 0 bridgehead atoms. The van der Waals surface area contributed by atoms with Crippen molar-refractivity contribution in [2.45, 2.75) is 109 Å². The van der Waals surface area contributed by atoms with Gasteiger partial charge in [0.05, 0.1) is 12.1 Å². The second-order valence-electron chi connectivity index (χ2n) is 10.9. The van der Waals surface area contributed by atoms with Gasteiger partial charge >= 0.3 is 0 Å². The summed E-state index contributed by atoms with van der Waals surface area (Å²) in [6.07, 6.45) is 7.68. The first kappa shape index (κ1) is 27.9. The van der Waals surface area contributed by atoms with Crippen LogP contribution >= 0.6 is 0 Å². The van der Waals surface area contributed by atoms with Crippen molar-refractivity contribution in [2.24, 2.45) is 0 Å². The molecule has 2 heterocycles. The zero-order valence-corrected chi connectivity index (χ0v) is 21.4. The Morgan fingerprint density at radius 1 is 0.903 bits per heavy atom. The molecule has 6 heteroatoms. The van der Waals surface area contributed by atoms with E-state index in [1.807, 2.05) is 0 Å². The molecule has 0 aromatic rings. The first-order chi connectivity index (χ1) is 14.5. The number of hydrogen-bond acceptors (Lipinski definition) is 6. The van der Waals surface area contributed by atoms with Crippen molar-refractivity contribution in [3.63, 3.8) is 0 Å². The van der Waals surface area contributed by atoms with Gasteiger partial charge in [0.15, 0.2) is 0 Å². The average molecular weight is 433 g/mol. The van der Waals surface area contributed by atoms with Gasteiger partial charge < -0.3 is 9.80 Å². The largest absolute Gasteiger partial charge is 0.306 e. The summed E-state index contributed by atoms with van der Waals surface area (Å²) >= 11 is 0. The lowest BCUT2D eigenvalue weighted by Crippen LogP contribution is -2.58. The highest BCUT2D eigenvalue weighted by Crippen LogP contribution is 2.25. The molecule has 2 N–H and O–H groups in total. The van der Waals surface area contributed by atoms with Gasteiger partial charge in [-0.05, 0) is 80.3 Å². The topological polar surface area (TPSA) is 78.1 Å². The van der Waals surface area contributed by atoms with Crippen molar-refractivity contribution < 1.29 is 0 Å². The molecule has 0 spiro atoms. The van der Waals surface area contributed by atoms with E-state index in [1.165, 1.54) is 25.8 Å². The Bertz CT molecular complexity index is 579. The van der Waals surface area contributed by atoms with Crippen LogP contribution in [0.3, 0.4) is 0 Å². The first-order valence-electron chi connectivity index (χ1n) is 12.3. The molecular weight excluding hydrogens is 384 g/mol. The molecule has 2 fully saturated rings. The molecule has 178 valence electrons. The van der Waals surface area contributed by atoms with Crippen LogP contribution in [0.25, 0.3) is 0 Å². The number of hydrogen-bond donors (Lipinski definition) is 2. The quantitative estimate of drug-likeness (QED) is 0.594. The zero-order chi connectivity index (χ0) is 23.5. The Kier molecular flexibility index (Phi) is 11.5. The van der Waals surface area contributed by atoms with Crippen LogP contribution in [0.2, 0.25) is 0 Å². The molecule has 2 saturated heterocycles. The third kappa shape index (κ3) is 10.3. The molecule has 2 rings (SSSR count). The highest BCUT2D eigenvalue weighted by atomic mass is 15.2. The summed E-state index contributed by atoms with van der Waals surface area (Å²) in [6.45, 7) is 18.2. The summed E-state index contributed by atoms with van der Waals surface area (Å²) in [7, 11) is 2.11. The Labute approximate surface area is 192 Å². The highest BCUT2D eigenvalue weighted by Gasteiger charge is 2.37. The minimum atomic E-state index is -0.306. The third-order valence-corrected chi connectivity index (χ3v) is 6.24. The van der Waals surface area contributed by atoms with E-state index in [4.69, 9.17) is 5.26 Å². The predicted octanol–water partition coefficient (Wildman–Crippen LogP) is 3.90. The van der Waals surface area contributed by atoms with E-state index in [0.717, 1.165) is 51.9 Å². The van der Waals surface area contributed by atoms with Gasteiger partial charge in [0.25, 0.3) is 0 Å². The summed E-state index contributed by atoms with van der Waals surface area (Å²) in [5.74, 6) is 0. The van der Waals surface area contributed by atoms with Crippen molar-refractivity contribution in [1.82, 2.24) is 20.4 Å². The molecule has 0 aromatic carbocycles. The minimum Gasteiger partial charge on any atom is -0.306 e. The fourth-order valence-corrected chi connectivity index (χ4v) is 4.57. The van der Waals surface area contributed by atoms with E-state index in [2.05, 4.69) is 81.2 Å². The Hall–Kier alpha value is -1.18. The van der Waals surface area contributed by atoms with Gasteiger partial charge in [-0.25, -0.2) is 0 Å². The van der Waals surface area contributed by atoms with Crippen LogP contribution in [0.1, 0.15) is 86.5 Å². The lowest BCUT2D eigenvalue weighted by atomic mass is 9.86. The monoisotopic (exact) mass is 432 g/mol. The van der Waals surface area contributed by atoms with Gasteiger partial charge in [-0.3, -0.25) is 10.6 Å². The lowest BCUT2D eigenvalue weighted by Gasteiger charge is -2.41. The fourth-order valence-electron chi connectivity index (χ4n) is 4.57. The van der Waals surface area contributed by atoms with Crippen LogP contribution in [0.5, 0.6) is 0 Å². The average Bonchev–Trinajstić information content (AvgIpc) is 2.70. The number of piperidine rings is 2. The van der Waals surface area contributed by atoms with E-state index >= 15 is 0 Å².